The molecule has 1 amide bonds. The second-order valence-corrected chi connectivity index (χ2v) is 5.50. The first-order valence-electron chi connectivity index (χ1n) is 7.60. The number of anilines is 1. The van der Waals surface area contributed by atoms with Crippen molar-refractivity contribution in [1.82, 2.24) is 4.57 Å². The summed E-state index contributed by atoms with van der Waals surface area (Å²) in [6, 6.07) is 14.0. The monoisotopic (exact) mass is 350 g/mol. The maximum Gasteiger partial charge on any atom is 0.335 e. The minimum atomic E-state index is -1.28. The van der Waals surface area contributed by atoms with E-state index in [9.17, 15) is 14.4 Å². The average molecular weight is 350 g/mol. The highest BCUT2D eigenvalue weighted by molar-refractivity contribution is 6.05. The van der Waals surface area contributed by atoms with Gasteiger partial charge in [-0.05, 0) is 54.6 Å². The molecule has 3 rings (SSSR count). The normalized spacial score (nSPS) is 10.3. The van der Waals surface area contributed by atoms with Crippen LogP contribution < -0.4 is 5.32 Å². The second kappa shape index (κ2) is 6.94. The number of rotatable bonds is 5. The molecule has 130 valence electrons. The van der Waals surface area contributed by atoms with Gasteiger partial charge in [0.2, 0.25) is 0 Å². The molecule has 0 radical (unpaired) electrons. The van der Waals surface area contributed by atoms with Gasteiger partial charge in [0.15, 0.2) is 0 Å². The third kappa shape index (κ3) is 3.62. The molecule has 0 bridgehead atoms. The Morgan fingerprint density at radius 2 is 1.31 bits per heavy atom. The van der Waals surface area contributed by atoms with Crippen molar-refractivity contribution >= 4 is 23.5 Å². The lowest BCUT2D eigenvalue weighted by Crippen LogP contribution is -2.13. The molecule has 3 aromatic rings. The Hall–Kier alpha value is -3.87. The molecule has 7 nitrogen and oxygen atoms in total. The first kappa shape index (κ1) is 17.0. The molecule has 1 aromatic heterocycles. The van der Waals surface area contributed by atoms with Crippen LogP contribution in [0.15, 0.2) is 67.0 Å². The maximum atomic E-state index is 12.4. The minimum Gasteiger partial charge on any atom is -0.478 e. The topological polar surface area (TPSA) is 109 Å². The zero-order valence-electron chi connectivity index (χ0n) is 13.4. The van der Waals surface area contributed by atoms with Crippen molar-refractivity contribution in [1.29, 1.82) is 0 Å². The van der Waals surface area contributed by atoms with E-state index < -0.39 is 17.8 Å². The molecule has 0 fully saturated rings. The van der Waals surface area contributed by atoms with Crippen molar-refractivity contribution in [3.63, 3.8) is 0 Å². The van der Waals surface area contributed by atoms with E-state index in [-0.39, 0.29) is 16.8 Å². The van der Waals surface area contributed by atoms with Gasteiger partial charge < -0.3 is 20.1 Å². The fourth-order valence-corrected chi connectivity index (χ4v) is 2.44. The summed E-state index contributed by atoms with van der Waals surface area (Å²) >= 11 is 0. The number of carboxylic acids is 2. The molecular formula is C19H14N2O5. The van der Waals surface area contributed by atoms with Gasteiger partial charge in [0.25, 0.3) is 5.91 Å². The SMILES string of the molecule is O=C(O)c1cc(NC(=O)c2ccc(-n3cccc3)cc2)cc(C(=O)O)c1. The molecule has 2 aromatic carbocycles. The predicted molar refractivity (Wildman–Crippen MR) is 94.1 cm³/mol. The third-order valence-corrected chi connectivity index (χ3v) is 3.72. The van der Waals surface area contributed by atoms with E-state index in [0.29, 0.717) is 5.56 Å². The van der Waals surface area contributed by atoms with Crippen molar-refractivity contribution in [3.8, 4) is 5.69 Å². The first-order chi connectivity index (χ1) is 12.4. The molecular weight excluding hydrogens is 336 g/mol. The van der Waals surface area contributed by atoms with Crippen molar-refractivity contribution in [2.45, 2.75) is 0 Å². The zero-order chi connectivity index (χ0) is 18.7. The molecule has 1 heterocycles. The van der Waals surface area contributed by atoms with Crippen LogP contribution in [0.25, 0.3) is 5.69 Å². The maximum absolute atomic E-state index is 12.4. The highest BCUT2D eigenvalue weighted by atomic mass is 16.4. The van der Waals surface area contributed by atoms with Gasteiger partial charge in [-0.25, -0.2) is 9.59 Å². The summed E-state index contributed by atoms with van der Waals surface area (Å²) in [5.74, 6) is -3.03. The lowest BCUT2D eigenvalue weighted by Gasteiger charge is -2.09. The van der Waals surface area contributed by atoms with Crippen LogP contribution in [-0.2, 0) is 0 Å². The summed E-state index contributed by atoms with van der Waals surface area (Å²) in [7, 11) is 0. The Bertz CT molecular complexity index is 943. The Kier molecular flexibility index (Phi) is 4.53. The van der Waals surface area contributed by atoms with Crippen LogP contribution in [0.4, 0.5) is 5.69 Å². The fraction of sp³-hybridized carbons (Fsp3) is 0. The van der Waals surface area contributed by atoms with Gasteiger partial charge in [-0.15, -0.1) is 0 Å². The number of nitrogens with one attached hydrogen (secondary N) is 1. The highest BCUT2D eigenvalue weighted by Gasteiger charge is 2.13. The fourth-order valence-electron chi connectivity index (χ4n) is 2.44. The van der Waals surface area contributed by atoms with Crippen molar-refractivity contribution in [3.05, 3.63) is 83.7 Å². The van der Waals surface area contributed by atoms with E-state index in [0.717, 1.165) is 11.8 Å². The van der Waals surface area contributed by atoms with Crippen molar-refractivity contribution < 1.29 is 24.6 Å². The van der Waals surface area contributed by atoms with Crippen molar-refractivity contribution in [2.24, 2.45) is 0 Å². The lowest BCUT2D eigenvalue weighted by atomic mass is 10.1. The van der Waals surface area contributed by atoms with Gasteiger partial charge in [-0.2, -0.15) is 0 Å². The summed E-state index contributed by atoms with van der Waals surface area (Å²) in [6.07, 6.45) is 3.75. The molecule has 0 aliphatic heterocycles. The van der Waals surface area contributed by atoms with Crippen LogP contribution >= 0.6 is 0 Å². The molecule has 7 heteroatoms. The number of amides is 1. The van der Waals surface area contributed by atoms with Crippen LogP contribution in [0.1, 0.15) is 31.1 Å². The number of aromatic nitrogens is 1. The Labute approximate surface area is 148 Å². The van der Waals surface area contributed by atoms with Crippen LogP contribution in [0, 0.1) is 0 Å². The number of carboxylic acid groups (broad SMARTS) is 2. The van der Waals surface area contributed by atoms with Gasteiger partial charge in [0.1, 0.15) is 0 Å². The smallest absolute Gasteiger partial charge is 0.335 e. The van der Waals surface area contributed by atoms with Gasteiger partial charge >= 0.3 is 11.9 Å². The lowest BCUT2D eigenvalue weighted by molar-refractivity contribution is 0.0696. The molecule has 0 spiro atoms. The van der Waals surface area contributed by atoms with E-state index in [1.54, 1.807) is 24.3 Å². The molecule has 0 aliphatic rings. The zero-order valence-corrected chi connectivity index (χ0v) is 13.4. The van der Waals surface area contributed by atoms with E-state index in [2.05, 4.69) is 5.32 Å². The Morgan fingerprint density at radius 1 is 0.769 bits per heavy atom. The molecule has 0 atom stereocenters. The third-order valence-electron chi connectivity index (χ3n) is 3.72. The van der Waals surface area contributed by atoms with Crippen LogP contribution in [-0.4, -0.2) is 32.6 Å². The highest BCUT2D eigenvalue weighted by Crippen LogP contribution is 2.17. The summed E-state index contributed by atoms with van der Waals surface area (Å²) < 4.78 is 1.89. The molecule has 0 aliphatic carbocycles. The summed E-state index contributed by atoms with van der Waals surface area (Å²) in [4.78, 5) is 34.6. The van der Waals surface area contributed by atoms with E-state index in [1.807, 2.05) is 29.1 Å². The molecule has 0 saturated heterocycles. The number of carbonyl (C=O) groups excluding carboxylic acids is 1. The van der Waals surface area contributed by atoms with E-state index >= 15 is 0 Å². The number of hydrogen-bond acceptors (Lipinski definition) is 3. The summed E-state index contributed by atoms with van der Waals surface area (Å²) in [5, 5.41) is 20.7. The number of aromatic carboxylic acids is 2. The summed E-state index contributed by atoms with van der Waals surface area (Å²) in [5.41, 5.74) is 0.902. The Balaban J connectivity index is 1.83. The molecule has 3 N–H and O–H groups in total. The molecule has 26 heavy (non-hydrogen) atoms. The average Bonchev–Trinajstić information content (AvgIpc) is 3.16. The largest absolute Gasteiger partial charge is 0.478 e. The second-order valence-electron chi connectivity index (χ2n) is 5.50. The Morgan fingerprint density at radius 3 is 1.81 bits per heavy atom. The molecule has 0 unspecified atom stereocenters. The number of carbonyl (C=O) groups is 3. The van der Waals surface area contributed by atoms with Crippen LogP contribution in [0.3, 0.4) is 0 Å². The van der Waals surface area contributed by atoms with Gasteiger partial charge in [0, 0.05) is 29.3 Å². The number of hydrogen-bond donors (Lipinski definition) is 3. The summed E-state index contributed by atoms with van der Waals surface area (Å²) in [6.45, 7) is 0. The number of benzene rings is 2. The van der Waals surface area contributed by atoms with E-state index in [4.69, 9.17) is 10.2 Å². The predicted octanol–water partition coefficient (Wildman–Crippen LogP) is 3.13. The van der Waals surface area contributed by atoms with Crippen LogP contribution in [0.5, 0.6) is 0 Å². The van der Waals surface area contributed by atoms with Gasteiger partial charge in [-0.3, -0.25) is 4.79 Å². The van der Waals surface area contributed by atoms with E-state index in [1.165, 1.54) is 12.1 Å². The standard InChI is InChI=1S/C19H14N2O5/c22-17(12-3-5-16(6-4-12)21-7-1-2-8-21)20-15-10-13(18(23)24)9-14(11-15)19(25)26/h1-11H,(H,20,22)(H,23,24)(H,25,26). The number of nitrogens with zero attached hydrogens (tertiary/aromatic N) is 1. The minimum absolute atomic E-state index is 0.0989. The first-order valence-corrected chi connectivity index (χ1v) is 7.60. The molecule has 0 saturated carbocycles. The van der Waals surface area contributed by atoms with Gasteiger partial charge in [0.05, 0.1) is 11.1 Å². The van der Waals surface area contributed by atoms with Gasteiger partial charge in [-0.1, -0.05) is 0 Å². The van der Waals surface area contributed by atoms with Crippen molar-refractivity contribution in [2.75, 3.05) is 5.32 Å². The van der Waals surface area contributed by atoms with Crippen LogP contribution in [0.2, 0.25) is 0 Å². The quantitative estimate of drug-likeness (QED) is 0.655.